The van der Waals surface area contributed by atoms with E-state index < -0.39 is 29.5 Å². The predicted molar refractivity (Wildman–Crippen MR) is 159 cm³/mol. The number of ether oxygens (including phenoxy) is 1. The zero-order chi connectivity index (χ0) is 28.9. The van der Waals surface area contributed by atoms with Gasteiger partial charge >= 0.3 is 5.97 Å². The molecule has 1 atom stereocenters. The molecule has 11 heteroatoms. The van der Waals surface area contributed by atoms with E-state index >= 15 is 0 Å². The summed E-state index contributed by atoms with van der Waals surface area (Å²) in [5.41, 5.74) is 2.39. The molecule has 8 nitrogen and oxygen atoms in total. The molecule has 0 aliphatic carbocycles. The van der Waals surface area contributed by atoms with Crippen LogP contribution in [0.4, 0.5) is 5.13 Å². The second kappa shape index (κ2) is 12.5. The molecule has 0 fully saturated rings. The molecule has 0 radical (unpaired) electrons. The van der Waals surface area contributed by atoms with Crippen molar-refractivity contribution in [1.29, 1.82) is 0 Å². The predicted octanol–water partition coefficient (Wildman–Crippen LogP) is 6.45. The number of aromatic nitrogens is 2. The average Bonchev–Trinajstić information content (AvgIpc) is 3.57. The lowest BCUT2D eigenvalue weighted by atomic mass is 9.95. The van der Waals surface area contributed by atoms with Gasteiger partial charge in [-0.2, -0.15) is 0 Å². The fourth-order valence-electron chi connectivity index (χ4n) is 4.23. The van der Waals surface area contributed by atoms with Gasteiger partial charge in [0.2, 0.25) is 5.13 Å². The van der Waals surface area contributed by atoms with Crippen molar-refractivity contribution in [2.24, 2.45) is 0 Å². The molecular formula is C30H22ClN3O5S2. The first-order valence-corrected chi connectivity index (χ1v) is 14.5. The summed E-state index contributed by atoms with van der Waals surface area (Å²) in [7, 11) is 1.28. The third-order valence-corrected chi connectivity index (χ3v) is 8.73. The molecule has 0 bridgehead atoms. The van der Waals surface area contributed by atoms with Crippen LogP contribution in [-0.2, 0) is 20.1 Å². The number of carbonyl (C=O) groups is 3. The summed E-state index contributed by atoms with van der Waals surface area (Å²) in [4.78, 5) is 40.1. The van der Waals surface area contributed by atoms with Gasteiger partial charge in [0.1, 0.15) is 0 Å². The van der Waals surface area contributed by atoms with Crippen molar-refractivity contribution in [3.8, 4) is 0 Å². The van der Waals surface area contributed by atoms with Crippen molar-refractivity contribution in [3.63, 3.8) is 0 Å². The first kappa shape index (κ1) is 28.3. The van der Waals surface area contributed by atoms with E-state index in [4.69, 9.17) is 16.3 Å². The highest BCUT2D eigenvalue weighted by molar-refractivity contribution is 8.00. The van der Waals surface area contributed by atoms with Crippen LogP contribution in [-0.4, -0.2) is 40.1 Å². The molecule has 1 unspecified atom stereocenters. The van der Waals surface area contributed by atoms with Gasteiger partial charge in [-0.1, -0.05) is 101 Å². The van der Waals surface area contributed by atoms with Crippen molar-refractivity contribution in [2.45, 2.75) is 16.1 Å². The molecule has 5 rings (SSSR count). The SMILES string of the molecule is COC(=O)c1ccc(C2C(C(=O)C=Cc3ccccc3)=C(O)C(=O)N2c2nnc(SCc3ccccc3Cl)s2)cc1. The molecular weight excluding hydrogens is 582 g/mol. The number of aliphatic hydroxyl groups is 1. The van der Waals surface area contributed by atoms with Crippen LogP contribution in [0.25, 0.3) is 6.08 Å². The van der Waals surface area contributed by atoms with E-state index in [9.17, 15) is 19.5 Å². The zero-order valence-corrected chi connectivity index (χ0v) is 23.9. The Bertz CT molecular complexity index is 1670. The van der Waals surface area contributed by atoms with Crippen LogP contribution in [0.2, 0.25) is 5.02 Å². The molecule has 1 aliphatic rings. The molecule has 2 heterocycles. The minimum atomic E-state index is -1.00. The minimum absolute atomic E-state index is 0.103. The normalized spacial score (nSPS) is 15.1. The number of carbonyl (C=O) groups excluding carboxylic acids is 3. The van der Waals surface area contributed by atoms with Crippen molar-refractivity contribution < 1.29 is 24.2 Å². The number of aliphatic hydroxyl groups excluding tert-OH is 1. The number of ketones is 1. The molecule has 1 N–H and O–H groups in total. The summed E-state index contributed by atoms with van der Waals surface area (Å²) in [5, 5.41) is 20.2. The summed E-state index contributed by atoms with van der Waals surface area (Å²) in [6.45, 7) is 0. The van der Waals surface area contributed by atoms with Crippen molar-refractivity contribution in [2.75, 3.05) is 12.0 Å². The third-order valence-electron chi connectivity index (χ3n) is 6.26. The van der Waals surface area contributed by atoms with Crippen molar-refractivity contribution >= 4 is 63.6 Å². The van der Waals surface area contributed by atoms with E-state index in [-0.39, 0.29) is 10.7 Å². The third kappa shape index (κ3) is 6.09. The number of rotatable bonds is 9. The minimum Gasteiger partial charge on any atom is -0.503 e. The Hall–Kier alpha value is -4.25. The Labute approximate surface area is 248 Å². The van der Waals surface area contributed by atoms with Crippen LogP contribution in [0, 0.1) is 0 Å². The van der Waals surface area contributed by atoms with Crippen LogP contribution in [0.3, 0.4) is 0 Å². The average molecular weight is 604 g/mol. The van der Waals surface area contributed by atoms with Gasteiger partial charge in [0.05, 0.1) is 24.3 Å². The number of hydrogen-bond acceptors (Lipinski definition) is 9. The number of benzene rings is 3. The van der Waals surface area contributed by atoms with Gasteiger partial charge in [0.25, 0.3) is 5.91 Å². The Kier molecular flexibility index (Phi) is 8.63. The second-order valence-corrected chi connectivity index (χ2v) is 11.4. The number of methoxy groups -OCH3 is 1. The van der Waals surface area contributed by atoms with E-state index in [1.54, 1.807) is 24.3 Å². The number of thioether (sulfide) groups is 1. The zero-order valence-electron chi connectivity index (χ0n) is 21.6. The number of amides is 1. The summed E-state index contributed by atoms with van der Waals surface area (Å²) in [6.07, 6.45) is 2.93. The summed E-state index contributed by atoms with van der Waals surface area (Å²) < 4.78 is 5.36. The summed E-state index contributed by atoms with van der Waals surface area (Å²) in [6, 6.07) is 21.9. The topological polar surface area (TPSA) is 110 Å². The lowest BCUT2D eigenvalue weighted by Crippen LogP contribution is -2.30. The van der Waals surface area contributed by atoms with Crippen LogP contribution in [0.5, 0.6) is 0 Å². The van der Waals surface area contributed by atoms with Gasteiger partial charge in [-0.3, -0.25) is 14.5 Å². The smallest absolute Gasteiger partial charge is 0.337 e. The van der Waals surface area contributed by atoms with E-state index in [1.165, 1.54) is 42.0 Å². The lowest BCUT2D eigenvalue weighted by molar-refractivity contribution is -0.117. The maximum absolute atomic E-state index is 13.4. The lowest BCUT2D eigenvalue weighted by Gasteiger charge is -2.23. The highest BCUT2D eigenvalue weighted by Gasteiger charge is 2.45. The van der Waals surface area contributed by atoms with Gasteiger partial charge in [-0.25, -0.2) is 4.79 Å². The number of hydrogen-bond donors (Lipinski definition) is 1. The highest BCUT2D eigenvalue weighted by Crippen LogP contribution is 2.43. The monoisotopic (exact) mass is 603 g/mol. The number of nitrogens with zero attached hydrogens (tertiary/aromatic N) is 3. The number of anilines is 1. The second-order valence-electron chi connectivity index (χ2n) is 8.79. The van der Waals surface area contributed by atoms with Gasteiger partial charge in [-0.05, 0) is 41.0 Å². The Morgan fingerprint density at radius 1 is 1.05 bits per heavy atom. The van der Waals surface area contributed by atoms with Crippen LogP contribution >= 0.6 is 34.7 Å². The summed E-state index contributed by atoms with van der Waals surface area (Å²) >= 11 is 8.83. The van der Waals surface area contributed by atoms with E-state index in [1.807, 2.05) is 48.5 Å². The maximum atomic E-state index is 13.4. The maximum Gasteiger partial charge on any atom is 0.337 e. The molecule has 1 aromatic heterocycles. The van der Waals surface area contributed by atoms with E-state index in [0.29, 0.717) is 26.2 Å². The quantitative estimate of drug-likeness (QED) is 0.101. The van der Waals surface area contributed by atoms with Gasteiger partial charge < -0.3 is 9.84 Å². The van der Waals surface area contributed by atoms with Crippen LogP contribution in [0.1, 0.15) is 33.1 Å². The standard InChI is InChI=1S/C30H22ClN3O5S2/c1-39-28(38)20-14-12-19(13-15-20)25-24(23(35)16-11-18-7-3-2-4-8-18)26(36)27(37)34(25)29-32-33-30(41-29)40-17-21-9-5-6-10-22(21)31/h2-16,25,36H,17H2,1H3. The van der Waals surface area contributed by atoms with Crippen molar-refractivity contribution in [1.82, 2.24) is 10.2 Å². The fourth-order valence-corrected chi connectivity index (χ4v) is 6.38. The molecule has 41 heavy (non-hydrogen) atoms. The van der Waals surface area contributed by atoms with E-state index in [2.05, 4.69) is 10.2 Å². The highest BCUT2D eigenvalue weighted by atomic mass is 35.5. The van der Waals surface area contributed by atoms with Crippen LogP contribution < -0.4 is 4.90 Å². The molecule has 3 aromatic carbocycles. The fraction of sp³-hybridized carbons (Fsp3) is 0.100. The Morgan fingerprint density at radius 2 is 1.76 bits per heavy atom. The van der Waals surface area contributed by atoms with Gasteiger partial charge in [0, 0.05) is 10.8 Å². The Balaban J connectivity index is 1.48. The first-order chi connectivity index (χ1) is 19.9. The summed E-state index contributed by atoms with van der Waals surface area (Å²) in [5.74, 6) is -1.97. The first-order valence-electron chi connectivity index (χ1n) is 12.3. The number of halogens is 1. The molecule has 0 saturated carbocycles. The van der Waals surface area contributed by atoms with Gasteiger partial charge in [-0.15, -0.1) is 10.2 Å². The van der Waals surface area contributed by atoms with E-state index in [0.717, 1.165) is 22.5 Å². The molecule has 206 valence electrons. The molecule has 0 saturated heterocycles. The molecule has 0 spiro atoms. The Morgan fingerprint density at radius 3 is 2.46 bits per heavy atom. The molecule has 4 aromatic rings. The number of esters is 1. The van der Waals surface area contributed by atoms with Crippen LogP contribution in [0.15, 0.2) is 101 Å². The molecule has 1 aliphatic heterocycles. The number of allylic oxidation sites excluding steroid dienone is 1. The van der Waals surface area contributed by atoms with Crippen molar-refractivity contribution in [3.05, 3.63) is 124 Å². The largest absolute Gasteiger partial charge is 0.503 e. The molecule has 1 amide bonds. The van der Waals surface area contributed by atoms with Gasteiger partial charge in [0.15, 0.2) is 15.9 Å².